The molecule has 0 atom stereocenters. The molecule has 0 bridgehead atoms. The third-order valence-electron chi connectivity index (χ3n) is 3.84. The molecule has 0 radical (unpaired) electrons. The van der Waals surface area contributed by atoms with Crippen LogP contribution < -0.4 is 0 Å². The number of fused-ring (bicyclic) bond motifs is 2. The van der Waals surface area contributed by atoms with Crippen LogP contribution in [0.5, 0.6) is 11.5 Å². The summed E-state index contributed by atoms with van der Waals surface area (Å²) in [6.45, 7) is 0. The molecular formula is C21H17HgN2O6. The third kappa shape index (κ3) is 5.41. The van der Waals surface area contributed by atoms with Gasteiger partial charge < -0.3 is 20.4 Å². The van der Waals surface area contributed by atoms with E-state index in [0.29, 0.717) is 11.0 Å². The van der Waals surface area contributed by atoms with Crippen LogP contribution in [0.25, 0.3) is 21.8 Å². The van der Waals surface area contributed by atoms with Gasteiger partial charge in [0.1, 0.15) is 33.9 Å². The number of nitrogens with zero attached hydrogens (tertiary/aromatic N) is 2. The number of phenolic OH excluding ortho intramolecular Hbond substituents is 2. The fourth-order valence-electron chi connectivity index (χ4n) is 2.50. The van der Waals surface area contributed by atoms with Gasteiger partial charge in [-0.15, -0.1) is 0 Å². The zero-order valence-corrected chi connectivity index (χ0v) is 21.5. The zero-order chi connectivity index (χ0) is 22.3. The van der Waals surface area contributed by atoms with Crippen LogP contribution in [0.15, 0.2) is 60.7 Å². The van der Waals surface area contributed by atoms with Gasteiger partial charge in [-0.25, -0.2) is 19.6 Å². The summed E-state index contributed by atoms with van der Waals surface area (Å²) in [6.07, 6.45) is 0. The molecule has 0 saturated carbocycles. The van der Waals surface area contributed by atoms with Crippen molar-refractivity contribution < 1.29 is 56.1 Å². The number of carboxylic acid groups (broad SMARTS) is 2. The Bertz CT molecular complexity index is 1120. The number of phenols is 2. The minimum absolute atomic E-state index is 0.00870. The number of aromatic hydroxyl groups is 2. The molecule has 0 fully saturated rings. The molecule has 30 heavy (non-hydrogen) atoms. The Balaban J connectivity index is 0.000000197. The van der Waals surface area contributed by atoms with Crippen molar-refractivity contribution in [2.24, 2.45) is 0 Å². The first-order chi connectivity index (χ1) is 14.4. The van der Waals surface area contributed by atoms with E-state index in [-0.39, 0.29) is 22.9 Å². The van der Waals surface area contributed by atoms with Crippen LogP contribution in [0.4, 0.5) is 0 Å². The maximum absolute atomic E-state index is 10.6. The average Bonchev–Trinajstić information content (AvgIpc) is 2.75. The van der Waals surface area contributed by atoms with Crippen molar-refractivity contribution >= 4 is 33.7 Å². The van der Waals surface area contributed by atoms with E-state index in [1.165, 1.54) is 24.3 Å². The molecule has 2 aromatic heterocycles. The second kappa shape index (κ2) is 10.5. The fourth-order valence-corrected chi connectivity index (χ4v) is 2.50. The van der Waals surface area contributed by atoms with Gasteiger partial charge in [0.25, 0.3) is 0 Å². The second-order valence-electron chi connectivity index (χ2n) is 5.70. The quantitative estimate of drug-likeness (QED) is 0.257. The molecule has 2 heterocycles. The number of benzene rings is 2. The third-order valence-corrected chi connectivity index (χ3v) is 3.84. The van der Waals surface area contributed by atoms with E-state index >= 15 is 0 Å². The van der Waals surface area contributed by atoms with Crippen molar-refractivity contribution in [3.8, 4) is 11.5 Å². The van der Waals surface area contributed by atoms with Crippen molar-refractivity contribution in [2.75, 3.05) is 0 Å². The molecule has 4 N–H and O–H groups in total. The Morgan fingerprint density at radius 2 is 1.03 bits per heavy atom. The van der Waals surface area contributed by atoms with Gasteiger partial charge >= 0.3 is 42.5 Å². The Labute approximate surface area is 187 Å². The Hall–Kier alpha value is -3.26. The second-order valence-corrected chi connectivity index (χ2v) is 5.70. The summed E-state index contributed by atoms with van der Waals surface area (Å²) in [7, 11) is 0. The summed E-state index contributed by atoms with van der Waals surface area (Å²) in [5.74, 6) is -2.22. The number of pyridine rings is 2. The summed E-state index contributed by atoms with van der Waals surface area (Å²) >= 11 is 1.03. The number of para-hydroxylation sites is 2. The van der Waals surface area contributed by atoms with Crippen molar-refractivity contribution in [2.45, 2.75) is 4.43 Å². The van der Waals surface area contributed by atoms with Crippen LogP contribution in [-0.4, -0.2) is 42.3 Å². The monoisotopic (exact) mass is 595 g/mol. The van der Waals surface area contributed by atoms with Gasteiger partial charge in [0, 0.05) is 10.8 Å². The number of aromatic carboxylic acids is 2. The molecule has 0 unspecified atom stereocenters. The number of hydrogen-bond donors (Lipinski definition) is 4. The molecule has 0 aliphatic heterocycles. The van der Waals surface area contributed by atoms with Crippen LogP contribution in [0.3, 0.4) is 0 Å². The van der Waals surface area contributed by atoms with Crippen LogP contribution in [0.1, 0.15) is 21.0 Å². The number of carbonyl (C=O) groups is 2. The first kappa shape index (κ1) is 23.0. The van der Waals surface area contributed by atoms with Crippen LogP contribution in [0.2, 0.25) is 4.43 Å². The van der Waals surface area contributed by atoms with Gasteiger partial charge in [0.15, 0.2) is 0 Å². The zero-order valence-electron chi connectivity index (χ0n) is 16.0. The Kier molecular flexibility index (Phi) is 8.05. The van der Waals surface area contributed by atoms with Crippen LogP contribution in [-0.2, 0) is 26.1 Å². The molecule has 4 aromatic rings. The molecule has 149 valence electrons. The number of rotatable bonds is 2. The topological polar surface area (TPSA) is 141 Å². The first-order valence-electron chi connectivity index (χ1n) is 8.71. The molecule has 2 aromatic carbocycles. The van der Waals surface area contributed by atoms with Crippen LogP contribution in [0, 0.1) is 0 Å². The Morgan fingerprint density at radius 3 is 1.37 bits per heavy atom. The molecule has 0 saturated heterocycles. The van der Waals surface area contributed by atoms with Gasteiger partial charge in [-0.2, -0.15) is 0 Å². The van der Waals surface area contributed by atoms with Crippen molar-refractivity contribution in [1.29, 1.82) is 0 Å². The van der Waals surface area contributed by atoms with E-state index in [4.69, 9.17) is 10.2 Å². The number of carboxylic acids is 2. The summed E-state index contributed by atoms with van der Waals surface area (Å²) < 4.78 is 2.19. The SMILES string of the molecule is O=C(O)c1ccc2cccc(O)c2n1.O=C(O)c1ccc2cccc(O)c2n1.[CH3][Hg]. The summed E-state index contributed by atoms with van der Waals surface area (Å²) in [5.41, 5.74) is 0.484. The summed E-state index contributed by atoms with van der Waals surface area (Å²) in [6, 6.07) is 15.9. The van der Waals surface area contributed by atoms with E-state index < -0.39 is 11.9 Å². The normalized spacial score (nSPS) is 9.83. The first-order valence-corrected chi connectivity index (χ1v) is 14.2. The predicted octanol–water partition coefficient (Wildman–Crippen LogP) is 3.86. The summed E-state index contributed by atoms with van der Waals surface area (Å²) in [5, 5.41) is 37.7. The van der Waals surface area contributed by atoms with Gasteiger partial charge in [-0.05, 0) is 24.3 Å². The van der Waals surface area contributed by atoms with Crippen molar-refractivity contribution in [3.63, 3.8) is 0 Å². The Morgan fingerprint density at radius 1 is 0.667 bits per heavy atom. The standard InChI is InChI=1S/2C10H7NO3.CH3.Hg/c2*12-8-3-1-2-6-4-5-7(10(13)14)11-9(6)8;;/h2*1-5,12H,(H,13,14);1H3;. The van der Waals surface area contributed by atoms with Crippen molar-refractivity contribution in [1.82, 2.24) is 9.97 Å². The van der Waals surface area contributed by atoms with Gasteiger partial charge in [-0.1, -0.05) is 36.4 Å². The number of aromatic nitrogens is 2. The molecule has 0 amide bonds. The van der Waals surface area contributed by atoms with E-state index in [1.54, 1.807) is 36.4 Å². The van der Waals surface area contributed by atoms with Gasteiger partial charge in [-0.3, -0.25) is 0 Å². The van der Waals surface area contributed by atoms with E-state index in [0.717, 1.165) is 36.9 Å². The number of hydrogen-bond acceptors (Lipinski definition) is 6. The summed E-state index contributed by atoms with van der Waals surface area (Å²) in [4.78, 5) is 28.9. The van der Waals surface area contributed by atoms with Gasteiger partial charge in [0.05, 0.1) is 0 Å². The van der Waals surface area contributed by atoms with E-state index in [2.05, 4.69) is 14.4 Å². The maximum atomic E-state index is 10.6. The molecule has 0 spiro atoms. The molecule has 4 rings (SSSR count). The van der Waals surface area contributed by atoms with Crippen LogP contribution >= 0.6 is 0 Å². The molecule has 0 aliphatic carbocycles. The van der Waals surface area contributed by atoms with E-state index in [9.17, 15) is 19.8 Å². The average molecular weight is 594 g/mol. The fraction of sp³-hybridized carbons (Fsp3) is 0.0476. The molecule has 0 aliphatic rings. The molecular weight excluding hydrogens is 577 g/mol. The predicted molar refractivity (Wildman–Crippen MR) is 107 cm³/mol. The van der Waals surface area contributed by atoms with Gasteiger partial charge in [0.2, 0.25) is 0 Å². The van der Waals surface area contributed by atoms with Crippen molar-refractivity contribution in [3.05, 3.63) is 72.1 Å². The minimum atomic E-state index is -1.10. The molecule has 8 nitrogen and oxygen atoms in total. The van der Waals surface area contributed by atoms with E-state index in [1.807, 2.05) is 0 Å². The molecule has 9 heteroatoms.